The fraction of sp³-hybridized carbons (Fsp3) is 0.154. The summed E-state index contributed by atoms with van der Waals surface area (Å²) in [5.41, 5.74) is 2.42. The summed E-state index contributed by atoms with van der Waals surface area (Å²) >= 11 is 3.42. The summed E-state index contributed by atoms with van der Waals surface area (Å²) in [5.74, 6) is -0.326. The standard InChI is InChI=1S/C13H12BrNO2/c1-15-7-6-11(12(15)13(16)17-2)9-4-3-5-10(14)8-9/h3-8H,1-2H3. The Bertz CT molecular complexity index is 560. The molecule has 4 heteroatoms. The van der Waals surface area contributed by atoms with Gasteiger partial charge in [-0.05, 0) is 23.8 Å². The number of aryl methyl sites for hydroxylation is 1. The molecular formula is C13H12BrNO2. The van der Waals surface area contributed by atoms with Crippen molar-refractivity contribution in [2.24, 2.45) is 7.05 Å². The molecule has 3 nitrogen and oxygen atoms in total. The maximum absolute atomic E-state index is 11.7. The smallest absolute Gasteiger partial charge is 0.355 e. The van der Waals surface area contributed by atoms with Gasteiger partial charge >= 0.3 is 5.97 Å². The highest BCUT2D eigenvalue weighted by Crippen LogP contribution is 2.27. The van der Waals surface area contributed by atoms with Crippen LogP contribution in [0.2, 0.25) is 0 Å². The number of hydrogen-bond donors (Lipinski definition) is 0. The van der Waals surface area contributed by atoms with E-state index in [4.69, 9.17) is 4.74 Å². The van der Waals surface area contributed by atoms with Crippen LogP contribution in [0.3, 0.4) is 0 Å². The molecule has 0 spiro atoms. The molecule has 0 unspecified atom stereocenters. The molecule has 0 saturated carbocycles. The van der Waals surface area contributed by atoms with Crippen LogP contribution in [0.5, 0.6) is 0 Å². The SMILES string of the molecule is COC(=O)c1c(-c2cccc(Br)c2)ccn1C. The van der Waals surface area contributed by atoms with Crippen LogP contribution < -0.4 is 0 Å². The van der Waals surface area contributed by atoms with E-state index in [1.54, 1.807) is 4.57 Å². The van der Waals surface area contributed by atoms with Gasteiger partial charge in [-0.15, -0.1) is 0 Å². The Morgan fingerprint density at radius 2 is 2.12 bits per heavy atom. The highest BCUT2D eigenvalue weighted by molar-refractivity contribution is 9.10. The number of esters is 1. The molecule has 2 rings (SSSR count). The molecule has 0 fully saturated rings. The lowest BCUT2D eigenvalue weighted by Crippen LogP contribution is -2.08. The van der Waals surface area contributed by atoms with Gasteiger partial charge in [-0.3, -0.25) is 0 Å². The van der Waals surface area contributed by atoms with Crippen LogP contribution in [-0.2, 0) is 11.8 Å². The Hall–Kier alpha value is -1.55. The normalized spacial score (nSPS) is 10.3. The minimum atomic E-state index is -0.326. The maximum atomic E-state index is 11.7. The van der Waals surface area contributed by atoms with Crippen LogP contribution in [0.15, 0.2) is 41.0 Å². The molecule has 0 amide bonds. The number of carbonyl (C=O) groups is 1. The third-order valence-corrected chi connectivity index (χ3v) is 3.08. The molecule has 0 aliphatic heterocycles. The van der Waals surface area contributed by atoms with Crippen molar-refractivity contribution in [1.29, 1.82) is 0 Å². The topological polar surface area (TPSA) is 31.2 Å². The summed E-state index contributed by atoms with van der Waals surface area (Å²) in [5, 5.41) is 0. The van der Waals surface area contributed by atoms with E-state index >= 15 is 0 Å². The van der Waals surface area contributed by atoms with Crippen molar-refractivity contribution in [3.05, 3.63) is 46.7 Å². The lowest BCUT2D eigenvalue weighted by molar-refractivity contribution is 0.0591. The number of ether oxygens (including phenoxy) is 1. The quantitative estimate of drug-likeness (QED) is 0.796. The summed E-state index contributed by atoms with van der Waals surface area (Å²) in [6.45, 7) is 0. The Labute approximate surface area is 108 Å². The third kappa shape index (κ3) is 2.26. The minimum absolute atomic E-state index is 0.326. The number of hydrogen-bond acceptors (Lipinski definition) is 2. The first kappa shape index (κ1) is 11.9. The van der Waals surface area contributed by atoms with Gasteiger partial charge in [0.05, 0.1) is 7.11 Å². The summed E-state index contributed by atoms with van der Waals surface area (Å²) in [6, 6.07) is 9.74. The maximum Gasteiger partial charge on any atom is 0.355 e. The molecular weight excluding hydrogens is 282 g/mol. The summed E-state index contributed by atoms with van der Waals surface area (Å²) in [4.78, 5) is 11.7. The Balaban J connectivity index is 2.57. The van der Waals surface area contributed by atoms with Crippen molar-refractivity contribution in [2.75, 3.05) is 7.11 Å². The fourth-order valence-electron chi connectivity index (χ4n) is 1.77. The number of benzene rings is 1. The molecule has 0 saturated heterocycles. The number of rotatable bonds is 2. The summed E-state index contributed by atoms with van der Waals surface area (Å²) in [7, 11) is 3.22. The van der Waals surface area contributed by atoms with Crippen molar-refractivity contribution in [1.82, 2.24) is 4.57 Å². The predicted molar refractivity (Wildman–Crippen MR) is 69.9 cm³/mol. The van der Waals surface area contributed by atoms with Gasteiger partial charge < -0.3 is 9.30 Å². The zero-order chi connectivity index (χ0) is 12.4. The van der Waals surface area contributed by atoms with E-state index in [0.717, 1.165) is 15.6 Å². The molecule has 17 heavy (non-hydrogen) atoms. The molecule has 2 aromatic rings. The Kier molecular flexibility index (Phi) is 3.33. The van der Waals surface area contributed by atoms with E-state index in [0.29, 0.717) is 5.69 Å². The summed E-state index contributed by atoms with van der Waals surface area (Å²) in [6.07, 6.45) is 1.85. The Morgan fingerprint density at radius 3 is 2.76 bits per heavy atom. The molecule has 88 valence electrons. The van der Waals surface area contributed by atoms with Crippen molar-refractivity contribution in [2.45, 2.75) is 0 Å². The second-order valence-corrected chi connectivity index (χ2v) is 4.61. The van der Waals surface area contributed by atoms with Gasteiger partial charge in [0, 0.05) is 23.3 Å². The number of methoxy groups -OCH3 is 1. The lowest BCUT2D eigenvalue weighted by atomic mass is 10.1. The molecule has 0 aliphatic rings. The monoisotopic (exact) mass is 293 g/mol. The number of nitrogens with zero attached hydrogens (tertiary/aromatic N) is 1. The van der Waals surface area contributed by atoms with E-state index < -0.39 is 0 Å². The lowest BCUT2D eigenvalue weighted by Gasteiger charge is -2.06. The molecule has 1 heterocycles. The third-order valence-electron chi connectivity index (χ3n) is 2.59. The van der Waals surface area contributed by atoms with Crippen molar-refractivity contribution in [3.8, 4) is 11.1 Å². The van der Waals surface area contributed by atoms with Crippen LogP contribution in [0.4, 0.5) is 0 Å². The zero-order valence-corrected chi connectivity index (χ0v) is 11.2. The highest BCUT2D eigenvalue weighted by atomic mass is 79.9. The second-order valence-electron chi connectivity index (χ2n) is 3.69. The zero-order valence-electron chi connectivity index (χ0n) is 9.61. The van der Waals surface area contributed by atoms with Gasteiger partial charge in [0.2, 0.25) is 0 Å². The van der Waals surface area contributed by atoms with Crippen LogP contribution in [0, 0.1) is 0 Å². The number of aromatic nitrogens is 1. The average Bonchev–Trinajstić information content (AvgIpc) is 2.70. The van der Waals surface area contributed by atoms with Crippen molar-refractivity contribution < 1.29 is 9.53 Å². The van der Waals surface area contributed by atoms with Gasteiger partial charge in [0.25, 0.3) is 0 Å². The first-order valence-corrected chi connectivity index (χ1v) is 5.92. The van der Waals surface area contributed by atoms with E-state index in [9.17, 15) is 4.79 Å². The van der Waals surface area contributed by atoms with Crippen molar-refractivity contribution >= 4 is 21.9 Å². The van der Waals surface area contributed by atoms with Crippen LogP contribution in [-0.4, -0.2) is 17.6 Å². The van der Waals surface area contributed by atoms with E-state index in [1.807, 2.05) is 43.6 Å². The van der Waals surface area contributed by atoms with Crippen LogP contribution >= 0.6 is 15.9 Å². The van der Waals surface area contributed by atoms with E-state index in [-0.39, 0.29) is 5.97 Å². The minimum Gasteiger partial charge on any atom is -0.464 e. The first-order chi connectivity index (χ1) is 8.13. The highest BCUT2D eigenvalue weighted by Gasteiger charge is 2.17. The molecule has 0 radical (unpaired) electrons. The van der Waals surface area contributed by atoms with Gasteiger partial charge in [-0.1, -0.05) is 28.1 Å². The van der Waals surface area contributed by atoms with Crippen LogP contribution in [0.1, 0.15) is 10.5 Å². The fourth-order valence-corrected chi connectivity index (χ4v) is 2.17. The summed E-state index contributed by atoms with van der Waals surface area (Å²) < 4.78 is 7.54. The van der Waals surface area contributed by atoms with Gasteiger partial charge in [0.15, 0.2) is 0 Å². The molecule has 1 aromatic carbocycles. The van der Waals surface area contributed by atoms with Crippen LogP contribution in [0.25, 0.3) is 11.1 Å². The first-order valence-electron chi connectivity index (χ1n) is 5.13. The predicted octanol–water partition coefficient (Wildman–Crippen LogP) is 3.24. The van der Waals surface area contributed by atoms with Gasteiger partial charge in [0.1, 0.15) is 5.69 Å². The molecule has 0 aliphatic carbocycles. The number of halogens is 1. The molecule has 0 N–H and O–H groups in total. The van der Waals surface area contributed by atoms with Gasteiger partial charge in [-0.25, -0.2) is 4.79 Å². The Morgan fingerprint density at radius 1 is 1.35 bits per heavy atom. The van der Waals surface area contributed by atoms with E-state index in [2.05, 4.69) is 15.9 Å². The van der Waals surface area contributed by atoms with Crippen molar-refractivity contribution in [3.63, 3.8) is 0 Å². The largest absolute Gasteiger partial charge is 0.464 e. The molecule has 1 aromatic heterocycles. The second kappa shape index (κ2) is 4.75. The average molecular weight is 294 g/mol. The number of carbonyl (C=O) groups excluding carboxylic acids is 1. The molecule has 0 atom stereocenters. The van der Waals surface area contributed by atoms with Gasteiger partial charge in [-0.2, -0.15) is 0 Å². The van der Waals surface area contributed by atoms with E-state index in [1.165, 1.54) is 7.11 Å². The molecule has 0 bridgehead atoms.